The van der Waals surface area contributed by atoms with Crippen LogP contribution in [0.2, 0.25) is 0 Å². The summed E-state index contributed by atoms with van der Waals surface area (Å²) in [6, 6.07) is 0. The van der Waals surface area contributed by atoms with Crippen molar-refractivity contribution in [3.05, 3.63) is 16.1 Å². The van der Waals surface area contributed by atoms with Gasteiger partial charge in [0.25, 0.3) is 0 Å². The Bertz CT molecular complexity index is 432. The van der Waals surface area contributed by atoms with Crippen LogP contribution in [-0.4, -0.2) is 17.6 Å². The fourth-order valence-electron chi connectivity index (χ4n) is 1.66. The fraction of sp³-hybridized carbons (Fsp3) is 0.692. The van der Waals surface area contributed by atoms with Crippen LogP contribution in [0.1, 0.15) is 51.2 Å². The zero-order valence-electron chi connectivity index (χ0n) is 10.9. The Morgan fingerprint density at radius 1 is 1.59 bits per heavy atom. The first kappa shape index (κ1) is 12.6. The predicted octanol–water partition coefficient (Wildman–Crippen LogP) is 3.04. The third-order valence-corrected chi connectivity index (χ3v) is 4.60. The molecule has 1 aliphatic carbocycles. The number of hydrogen-bond donors (Lipinski definition) is 0. The molecular weight excluding hydrogens is 234 g/mol. The first-order valence-corrected chi connectivity index (χ1v) is 6.92. The van der Waals surface area contributed by atoms with Crippen molar-refractivity contribution in [2.24, 2.45) is 0 Å². The molecule has 0 atom stereocenters. The third-order valence-electron chi connectivity index (χ3n) is 3.45. The molecule has 0 aromatic carbocycles. The molecule has 0 N–H and O–H groups in total. The Morgan fingerprint density at radius 3 is 2.76 bits per heavy atom. The highest BCUT2D eigenvalue weighted by molar-refractivity contribution is 7.09. The molecule has 1 aliphatic rings. The van der Waals surface area contributed by atoms with E-state index in [9.17, 15) is 4.79 Å². The van der Waals surface area contributed by atoms with Gasteiger partial charge in [-0.25, -0.2) is 4.98 Å². The summed E-state index contributed by atoms with van der Waals surface area (Å²) in [4.78, 5) is 16.5. The van der Waals surface area contributed by atoms with Crippen molar-refractivity contribution < 1.29 is 9.53 Å². The standard InChI is InChI=1S/C13H19NO2S/c1-5-16-11(15)12(2,3)9-8-17-10(14-9)13(4)6-7-13/h8H,5-7H2,1-4H3. The highest BCUT2D eigenvalue weighted by atomic mass is 32.1. The van der Waals surface area contributed by atoms with Crippen molar-refractivity contribution in [1.82, 2.24) is 4.98 Å². The number of carbonyl (C=O) groups excluding carboxylic acids is 1. The second-order valence-electron chi connectivity index (χ2n) is 5.44. The van der Waals surface area contributed by atoms with E-state index in [4.69, 9.17) is 4.74 Å². The summed E-state index contributed by atoms with van der Waals surface area (Å²) in [6.45, 7) is 8.22. The molecule has 1 aromatic rings. The van der Waals surface area contributed by atoms with E-state index >= 15 is 0 Å². The van der Waals surface area contributed by atoms with Gasteiger partial charge in [-0.2, -0.15) is 0 Å². The summed E-state index contributed by atoms with van der Waals surface area (Å²) in [5.74, 6) is -0.196. The summed E-state index contributed by atoms with van der Waals surface area (Å²) in [5, 5.41) is 3.15. The van der Waals surface area contributed by atoms with Crippen LogP contribution in [0.3, 0.4) is 0 Å². The Morgan fingerprint density at radius 2 is 2.24 bits per heavy atom. The molecule has 0 amide bonds. The van der Waals surface area contributed by atoms with E-state index in [2.05, 4.69) is 11.9 Å². The Labute approximate surface area is 106 Å². The van der Waals surface area contributed by atoms with Gasteiger partial charge in [0, 0.05) is 10.8 Å². The number of esters is 1. The molecule has 0 bridgehead atoms. The van der Waals surface area contributed by atoms with Crippen molar-refractivity contribution in [3.8, 4) is 0 Å². The van der Waals surface area contributed by atoms with Gasteiger partial charge in [0.1, 0.15) is 5.41 Å². The molecular formula is C13H19NO2S. The second kappa shape index (κ2) is 4.09. The third kappa shape index (κ3) is 2.23. The highest BCUT2D eigenvalue weighted by Gasteiger charge is 2.43. The second-order valence-corrected chi connectivity index (χ2v) is 6.30. The van der Waals surface area contributed by atoms with E-state index in [1.54, 1.807) is 11.3 Å². The minimum atomic E-state index is -0.643. The first-order chi connectivity index (χ1) is 7.90. The van der Waals surface area contributed by atoms with Gasteiger partial charge < -0.3 is 4.74 Å². The van der Waals surface area contributed by atoms with Gasteiger partial charge in [-0.05, 0) is 33.6 Å². The van der Waals surface area contributed by atoms with Crippen molar-refractivity contribution in [3.63, 3.8) is 0 Å². The maximum atomic E-state index is 11.9. The molecule has 17 heavy (non-hydrogen) atoms. The fourth-order valence-corrected chi connectivity index (χ4v) is 2.87. The largest absolute Gasteiger partial charge is 0.465 e. The molecule has 0 spiro atoms. The zero-order valence-corrected chi connectivity index (χ0v) is 11.7. The molecule has 1 saturated carbocycles. The number of hydrogen-bond acceptors (Lipinski definition) is 4. The number of thiazole rings is 1. The number of nitrogens with zero attached hydrogens (tertiary/aromatic N) is 1. The maximum Gasteiger partial charge on any atom is 0.317 e. The number of aromatic nitrogens is 1. The van der Waals surface area contributed by atoms with Gasteiger partial charge >= 0.3 is 5.97 Å². The topological polar surface area (TPSA) is 39.2 Å². The predicted molar refractivity (Wildman–Crippen MR) is 68.4 cm³/mol. The molecule has 0 saturated heterocycles. The average Bonchev–Trinajstić information content (AvgIpc) is 2.84. The van der Waals surface area contributed by atoms with E-state index in [1.165, 1.54) is 12.8 Å². The van der Waals surface area contributed by atoms with Gasteiger partial charge in [-0.1, -0.05) is 6.92 Å². The van der Waals surface area contributed by atoms with Crippen LogP contribution in [0.5, 0.6) is 0 Å². The molecule has 2 rings (SSSR count). The summed E-state index contributed by atoms with van der Waals surface area (Å²) in [6.07, 6.45) is 2.42. The van der Waals surface area contributed by atoms with E-state index in [-0.39, 0.29) is 11.4 Å². The maximum absolute atomic E-state index is 11.9. The smallest absolute Gasteiger partial charge is 0.317 e. The van der Waals surface area contributed by atoms with Crippen molar-refractivity contribution >= 4 is 17.3 Å². The van der Waals surface area contributed by atoms with Crippen LogP contribution in [0.15, 0.2) is 5.38 Å². The van der Waals surface area contributed by atoms with E-state index < -0.39 is 5.41 Å². The molecule has 94 valence electrons. The SMILES string of the molecule is CCOC(=O)C(C)(C)c1csc(C2(C)CC2)n1. The van der Waals surface area contributed by atoms with Crippen molar-refractivity contribution in [2.75, 3.05) is 6.61 Å². The molecule has 1 aromatic heterocycles. The van der Waals surface area contributed by atoms with E-state index in [0.717, 1.165) is 10.7 Å². The van der Waals surface area contributed by atoms with Crippen LogP contribution < -0.4 is 0 Å². The zero-order chi connectivity index (χ0) is 12.7. The molecule has 4 heteroatoms. The molecule has 0 unspecified atom stereocenters. The highest BCUT2D eigenvalue weighted by Crippen LogP contribution is 2.49. The van der Waals surface area contributed by atoms with Gasteiger partial charge in [-0.3, -0.25) is 4.79 Å². The minimum absolute atomic E-state index is 0.196. The van der Waals surface area contributed by atoms with Gasteiger partial charge in [0.05, 0.1) is 17.3 Å². The Hall–Kier alpha value is -0.900. The molecule has 0 radical (unpaired) electrons. The quantitative estimate of drug-likeness (QED) is 0.774. The van der Waals surface area contributed by atoms with Crippen LogP contribution in [-0.2, 0) is 20.4 Å². The monoisotopic (exact) mass is 253 g/mol. The summed E-state index contributed by atoms with van der Waals surface area (Å²) < 4.78 is 5.10. The first-order valence-electron chi connectivity index (χ1n) is 6.04. The molecule has 1 fully saturated rings. The van der Waals surface area contributed by atoms with Crippen LogP contribution in [0.4, 0.5) is 0 Å². The van der Waals surface area contributed by atoms with Gasteiger partial charge in [0.15, 0.2) is 0 Å². The molecule has 1 heterocycles. The number of carbonyl (C=O) groups is 1. The van der Waals surface area contributed by atoms with Crippen LogP contribution in [0.25, 0.3) is 0 Å². The van der Waals surface area contributed by atoms with Crippen LogP contribution >= 0.6 is 11.3 Å². The number of rotatable bonds is 4. The van der Waals surface area contributed by atoms with Gasteiger partial charge in [0.2, 0.25) is 0 Å². The Balaban J connectivity index is 2.21. The lowest BCUT2D eigenvalue weighted by Gasteiger charge is -2.19. The average molecular weight is 253 g/mol. The summed E-state index contributed by atoms with van der Waals surface area (Å²) in [7, 11) is 0. The number of ether oxygens (including phenoxy) is 1. The lowest BCUT2D eigenvalue weighted by atomic mass is 9.90. The van der Waals surface area contributed by atoms with Crippen LogP contribution in [0, 0.1) is 0 Å². The van der Waals surface area contributed by atoms with Crippen molar-refractivity contribution in [2.45, 2.75) is 51.4 Å². The lowest BCUT2D eigenvalue weighted by Crippen LogP contribution is -2.31. The van der Waals surface area contributed by atoms with E-state index in [1.807, 2.05) is 26.2 Å². The lowest BCUT2D eigenvalue weighted by molar-refractivity contribution is -0.148. The van der Waals surface area contributed by atoms with Gasteiger partial charge in [-0.15, -0.1) is 11.3 Å². The van der Waals surface area contributed by atoms with Crippen molar-refractivity contribution in [1.29, 1.82) is 0 Å². The summed E-state index contributed by atoms with van der Waals surface area (Å²) in [5.41, 5.74) is 0.466. The molecule has 3 nitrogen and oxygen atoms in total. The normalized spacial score (nSPS) is 17.9. The Kier molecular flexibility index (Phi) is 3.02. The minimum Gasteiger partial charge on any atom is -0.465 e. The molecule has 0 aliphatic heterocycles. The van der Waals surface area contributed by atoms with E-state index in [0.29, 0.717) is 6.61 Å². The summed E-state index contributed by atoms with van der Waals surface area (Å²) >= 11 is 1.66.